The molecule has 6 nitrogen and oxygen atoms in total. The lowest BCUT2D eigenvalue weighted by Gasteiger charge is -2.32. The van der Waals surface area contributed by atoms with Gasteiger partial charge in [0.05, 0.1) is 13.2 Å². The molecule has 0 aromatic heterocycles. The molecule has 0 bridgehead atoms. The maximum Gasteiger partial charge on any atom is 0.225 e. The van der Waals surface area contributed by atoms with Gasteiger partial charge in [-0.05, 0) is 45.8 Å². The Labute approximate surface area is 161 Å². The highest BCUT2D eigenvalue weighted by molar-refractivity contribution is 5.82. The van der Waals surface area contributed by atoms with Crippen LogP contribution in [-0.2, 0) is 9.59 Å². The van der Waals surface area contributed by atoms with Crippen LogP contribution in [-0.4, -0.2) is 62.5 Å². The fourth-order valence-corrected chi connectivity index (χ4v) is 3.80. The molecule has 1 aliphatic heterocycles. The monoisotopic (exact) mass is 373 g/mol. The molecule has 1 aromatic carbocycles. The number of benzene rings is 1. The van der Waals surface area contributed by atoms with Crippen molar-refractivity contribution in [1.29, 1.82) is 0 Å². The van der Waals surface area contributed by atoms with E-state index in [1.165, 1.54) is 0 Å². The van der Waals surface area contributed by atoms with Gasteiger partial charge in [0, 0.05) is 37.0 Å². The van der Waals surface area contributed by atoms with Crippen molar-refractivity contribution < 1.29 is 14.3 Å². The van der Waals surface area contributed by atoms with E-state index in [0.717, 1.165) is 37.0 Å². The standard InChI is InChI=1S/C21H31N3O3/c1-23(2)18(17-6-4-5-7-19(17)27-3)14-22-20(25)15-10-12-24(13-11-15)21(26)16-8-9-16/h4-7,15-16,18H,8-14H2,1-3H3,(H,22,25). The third-order valence-corrected chi connectivity index (χ3v) is 5.69. The SMILES string of the molecule is COc1ccccc1C(CNC(=O)C1CCN(C(=O)C2CC2)CC1)N(C)C. The number of carbonyl (C=O) groups excluding carboxylic acids is 2. The van der Waals surface area contributed by atoms with E-state index in [-0.39, 0.29) is 29.7 Å². The van der Waals surface area contributed by atoms with Crippen LogP contribution in [0.5, 0.6) is 5.75 Å². The molecule has 1 aliphatic carbocycles. The number of nitrogens with one attached hydrogen (secondary N) is 1. The highest BCUT2D eigenvalue weighted by atomic mass is 16.5. The third-order valence-electron chi connectivity index (χ3n) is 5.69. The van der Waals surface area contributed by atoms with Gasteiger partial charge in [-0.2, -0.15) is 0 Å². The lowest BCUT2D eigenvalue weighted by atomic mass is 9.95. The minimum atomic E-state index is -0.00580. The molecular weight excluding hydrogens is 342 g/mol. The Kier molecular flexibility index (Phi) is 6.37. The molecule has 1 saturated carbocycles. The van der Waals surface area contributed by atoms with Crippen molar-refractivity contribution in [3.05, 3.63) is 29.8 Å². The molecule has 27 heavy (non-hydrogen) atoms. The molecule has 148 valence electrons. The number of hydrogen-bond donors (Lipinski definition) is 1. The molecule has 1 atom stereocenters. The van der Waals surface area contributed by atoms with Crippen LogP contribution in [0.15, 0.2) is 24.3 Å². The first-order valence-electron chi connectivity index (χ1n) is 9.87. The first-order valence-corrected chi connectivity index (χ1v) is 9.87. The zero-order valence-corrected chi connectivity index (χ0v) is 16.6. The Morgan fingerprint density at radius 1 is 1.15 bits per heavy atom. The number of ether oxygens (including phenoxy) is 1. The number of nitrogens with zero attached hydrogens (tertiary/aromatic N) is 2. The van der Waals surface area contributed by atoms with E-state index in [2.05, 4.69) is 10.2 Å². The van der Waals surface area contributed by atoms with Gasteiger partial charge in [0.15, 0.2) is 0 Å². The molecule has 6 heteroatoms. The number of piperidine rings is 1. The minimum absolute atomic E-state index is 0.00580. The predicted octanol–water partition coefficient (Wildman–Crippen LogP) is 2.06. The van der Waals surface area contributed by atoms with Gasteiger partial charge in [-0.25, -0.2) is 0 Å². The minimum Gasteiger partial charge on any atom is -0.496 e. The van der Waals surface area contributed by atoms with E-state index in [0.29, 0.717) is 19.6 Å². The van der Waals surface area contributed by atoms with Gasteiger partial charge in [0.1, 0.15) is 5.75 Å². The molecule has 1 N–H and O–H groups in total. The summed E-state index contributed by atoms with van der Waals surface area (Å²) in [6.45, 7) is 1.95. The summed E-state index contributed by atoms with van der Waals surface area (Å²) >= 11 is 0. The van der Waals surface area contributed by atoms with Crippen molar-refractivity contribution in [1.82, 2.24) is 15.1 Å². The second kappa shape index (κ2) is 8.74. The maximum atomic E-state index is 12.7. The molecular formula is C21H31N3O3. The van der Waals surface area contributed by atoms with Gasteiger partial charge < -0.3 is 19.9 Å². The Balaban J connectivity index is 1.53. The summed E-state index contributed by atoms with van der Waals surface area (Å²) in [4.78, 5) is 28.9. The normalized spacial score (nSPS) is 19.0. The van der Waals surface area contributed by atoms with Crippen LogP contribution < -0.4 is 10.1 Å². The van der Waals surface area contributed by atoms with Crippen LogP contribution in [0.1, 0.15) is 37.3 Å². The first kappa shape index (κ1) is 19.7. The van der Waals surface area contributed by atoms with Crippen molar-refractivity contribution in [2.24, 2.45) is 11.8 Å². The predicted molar refractivity (Wildman–Crippen MR) is 104 cm³/mol. The Hall–Kier alpha value is -2.08. The van der Waals surface area contributed by atoms with E-state index in [1.54, 1.807) is 7.11 Å². The van der Waals surface area contributed by atoms with Gasteiger partial charge in [0.2, 0.25) is 11.8 Å². The van der Waals surface area contributed by atoms with E-state index in [4.69, 9.17) is 4.74 Å². The second-order valence-corrected chi connectivity index (χ2v) is 7.84. The fourth-order valence-electron chi connectivity index (χ4n) is 3.80. The molecule has 1 heterocycles. The topological polar surface area (TPSA) is 61.9 Å². The van der Waals surface area contributed by atoms with Gasteiger partial charge >= 0.3 is 0 Å². The van der Waals surface area contributed by atoms with Crippen molar-refractivity contribution in [3.8, 4) is 5.75 Å². The summed E-state index contributed by atoms with van der Waals surface area (Å²) in [5.74, 6) is 1.47. The summed E-state index contributed by atoms with van der Waals surface area (Å²) in [5, 5.41) is 3.12. The number of hydrogen-bond acceptors (Lipinski definition) is 4. The average Bonchev–Trinajstić information content (AvgIpc) is 3.53. The number of carbonyl (C=O) groups is 2. The van der Waals surface area contributed by atoms with Crippen LogP contribution in [0.4, 0.5) is 0 Å². The Morgan fingerprint density at radius 3 is 2.41 bits per heavy atom. The summed E-state index contributed by atoms with van der Waals surface area (Å²) in [6.07, 6.45) is 3.58. The summed E-state index contributed by atoms with van der Waals surface area (Å²) < 4.78 is 5.48. The van der Waals surface area contributed by atoms with Crippen molar-refractivity contribution >= 4 is 11.8 Å². The zero-order valence-electron chi connectivity index (χ0n) is 16.6. The van der Waals surface area contributed by atoms with Crippen molar-refractivity contribution in [3.63, 3.8) is 0 Å². The van der Waals surface area contributed by atoms with Gasteiger partial charge in [-0.3, -0.25) is 9.59 Å². The molecule has 1 unspecified atom stereocenters. The zero-order chi connectivity index (χ0) is 19.4. The maximum absolute atomic E-state index is 12.7. The summed E-state index contributed by atoms with van der Waals surface area (Å²) in [7, 11) is 5.68. The second-order valence-electron chi connectivity index (χ2n) is 7.84. The molecule has 2 fully saturated rings. The molecule has 0 radical (unpaired) electrons. The van der Waals surface area contributed by atoms with Crippen LogP contribution in [0.2, 0.25) is 0 Å². The van der Waals surface area contributed by atoms with Crippen molar-refractivity contribution in [2.75, 3.05) is 40.8 Å². The molecule has 0 spiro atoms. The van der Waals surface area contributed by atoms with Crippen LogP contribution >= 0.6 is 0 Å². The first-order chi connectivity index (χ1) is 13.0. The number of likely N-dealkylation sites (N-methyl/N-ethyl adjacent to an activating group) is 1. The largest absolute Gasteiger partial charge is 0.496 e. The Morgan fingerprint density at radius 2 is 1.81 bits per heavy atom. The van der Waals surface area contributed by atoms with Gasteiger partial charge in [-0.1, -0.05) is 18.2 Å². The summed E-state index contributed by atoms with van der Waals surface area (Å²) in [6, 6.07) is 7.96. The molecule has 1 aromatic rings. The van der Waals surface area contributed by atoms with Crippen LogP contribution in [0, 0.1) is 11.8 Å². The van der Waals surface area contributed by atoms with E-state index in [9.17, 15) is 9.59 Å². The quantitative estimate of drug-likeness (QED) is 0.795. The lowest BCUT2D eigenvalue weighted by molar-refractivity contribution is -0.136. The number of rotatable bonds is 7. The summed E-state index contributed by atoms with van der Waals surface area (Å²) in [5.41, 5.74) is 1.06. The smallest absolute Gasteiger partial charge is 0.225 e. The van der Waals surface area contributed by atoms with Gasteiger partial charge in [0.25, 0.3) is 0 Å². The molecule has 3 rings (SSSR count). The van der Waals surface area contributed by atoms with E-state index >= 15 is 0 Å². The molecule has 1 saturated heterocycles. The number of para-hydroxylation sites is 1. The van der Waals surface area contributed by atoms with E-state index < -0.39 is 0 Å². The Bertz CT molecular complexity index is 664. The van der Waals surface area contributed by atoms with Crippen LogP contribution in [0.3, 0.4) is 0 Å². The number of likely N-dealkylation sites (tertiary alicyclic amines) is 1. The van der Waals surface area contributed by atoms with Crippen molar-refractivity contribution in [2.45, 2.75) is 31.7 Å². The lowest BCUT2D eigenvalue weighted by Crippen LogP contribution is -2.44. The fraction of sp³-hybridized carbons (Fsp3) is 0.619. The van der Waals surface area contributed by atoms with E-state index in [1.807, 2.05) is 43.3 Å². The van der Waals surface area contributed by atoms with Crippen LogP contribution in [0.25, 0.3) is 0 Å². The number of methoxy groups -OCH3 is 1. The third kappa shape index (κ3) is 4.80. The highest BCUT2D eigenvalue weighted by Crippen LogP contribution is 2.32. The molecule has 2 aliphatic rings. The molecule has 2 amide bonds. The average molecular weight is 373 g/mol. The van der Waals surface area contributed by atoms with Gasteiger partial charge in [-0.15, -0.1) is 0 Å². The highest BCUT2D eigenvalue weighted by Gasteiger charge is 2.36. The number of amides is 2.